The largest absolute Gasteiger partial charge is 0.394 e. The fourth-order valence-corrected chi connectivity index (χ4v) is 2.57. The van der Waals surface area contributed by atoms with E-state index in [1.165, 1.54) is 0 Å². The van der Waals surface area contributed by atoms with Crippen LogP contribution in [-0.2, 0) is 4.74 Å². The van der Waals surface area contributed by atoms with Crippen molar-refractivity contribution in [3.8, 4) is 0 Å². The summed E-state index contributed by atoms with van der Waals surface area (Å²) in [5.74, 6) is 0. The van der Waals surface area contributed by atoms with Crippen LogP contribution in [0.2, 0.25) is 0 Å². The Morgan fingerprint density at radius 3 is 2.69 bits per heavy atom. The molecule has 2 aliphatic rings. The van der Waals surface area contributed by atoms with Crippen LogP contribution in [0.1, 0.15) is 6.42 Å². The molecule has 16 heavy (non-hydrogen) atoms. The first-order valence-electron chi connectivity index (χ1n) is 6.12. The summed E-state index contributed by atoms with van der Waals surface area (Å²) in [6.45, 7) is 6.24. The zero-order chi connectivity index (χ0) is 11.4. The number of aliphatic hydroxyl groups excluding tert-OH is 2. The third-order valence-corrected chi connectivity index (χ3v) is 3.49. The minimum atomic E-state index is -0.594. The van der Waals surface area contributed by atoms with Crippen molar-refractivity contribution >= 4 is 0 Å². The molecule has 94 valence electrons. The van der Waals surface area contributed by atoms with Crippen LogP contribution in [0.3, 0.4) is 0 Å². The Labute approximate surface area is 96.6 Å². The molecular formula is C11H22N2O3. The molecule has 0 bridgehead atoms. The van der Waals surface area contributed by atoms with Crippen LogP contribution in [0.4, 0.5) is 0 Å². The first kappa shape index (κ1) is 12.3. The second-order valence-electron chi connectivity index (χ2n) is 4.69. The summed E-state index contributed by atoms with van der Waals surface area (Å²) in [6, 6.07) is 0.606. The SMILES string of the molecule is OCC(O)CN1CCC(N2CCOCC2)C1. The molecule has 2 unspecified atom stereocenters. The number of rotatable bonds is 4. The van der Waals surface area contributed by atoms with Gasteiger partial charge in [0.2, 0.25) is 0 Å². The smallest absolute Gasteiger partial charge is 0.0897 e. The molecule has 0 saturated carbocycles. The van der Waals surface area contributed by atoms with Gasteiger partial charge in [0.15, 0.2) is 0 Å². The Morgan fingerprint density at radius 1 is 1.25 bits per heavy atom. The van der Waals surface area contributed by atoms with Gasteiger partial charge in [0, 0.05) is 32.2 Å². The summed E-state index contributed by atoms with van der Waals surface area (Å²) < 4.78 is 5.34. The number of morpholine rings is 1. The summed E-state index contributed by atoms with van der Waals surface area (Å²) in [5, 5.41) is 18.2. The summed E-state index contributed by atoms with van der Waals surface area (Å²) in [5.41, 5.74) is 0. The van der Waals surface area contributed by atoms with Crippen molar-refractivity contribution in [1.29, 1.82) is 0 Å². The standard InChI is InChI=1S/C11H22N2O3/c14-9-11(15)8-12-2-1-10(7-12)13-3-5-16-6-4-13/h10-11,14-15H,1-9H2. The van der Waals surface area contributed by atoms with E-state index in [1.807, 2.05) is 0 Å². The number of aliphatic hydroxyl groups is 2. The highest BCUT2D eigenvalue weighted by Crippen LogP contribution is 2.16. The molecule has 0 amide bonds. The molecule has 0 spiro atoms. The summed E-state index contributed by atoms with van der Waals surface area (Å²) in [6.07, 6.45) is 0.571. The van der Waals surface area contributed by atoms with Crippen molar-refractivity contribution < 1.29 is 14.9 Å². The maximum atomic E-state index is 9.39. The Bertz CT molecular complexity index is 209. The van der Waals surface area contributed by atoms with Gasteiger partial charge in [-0.05, 0) is 13.0 Å². The number of β-amino-alcohol motifs (C(OH)–C–C–N with tert-alkyl or cyclic N) is 1. The molecule has 0 aromatic carbocycles. The van der Waals surface area contributed by atoms with Crippen LogP contribution >= 0.6 is 0 Å². The molecule has 0 aliphatic carbocycles. The molecule has 0 radical (unpaired) electrons. The minimum absolute atomic E-state index is 0.140. The van der Waals surface area contributed by atoms with E-state index in [1.54, 1.807) is 0 Å². The minimum Gasteiger partial charge on any atom is -0.394 e. The molecule has 2 aliphatic heterocycles. The van der Waals surface area contributed by atoms with Crippen LogP contribution in [-0.4, -0.2) is 84.7 Å². The zero-order valence-corrected chi connectivity index (χ0v) is 9.72. The average Bonchev–Trinajstić information content (AvgIpc) is 2.78. The highest BCUT2D eigenvalue weighted by atomic mass is 16.5. The maximum Gasteiger partial charge on any atom is 0.0897 e. The quantitative estimate of drug-likeness (QED) is 0.632. The van der Waals surface area contributed by atoms with Gasteiger partial charge in [-0.2, -0.15) is 0 Å². The van der Waals surface area contributed by atoms with E-state index in [4.69, 9.17) is 9.84 Å². The molecule has 5 heteroatoms. The third kappa shape index (κ3) is 3.15. The number of likely N-dealkylation sites (tertiary alicyclic amines) is 1. The van der Waals surface area contributed by atoms with E-state index < -0.39 is 6.10 Å². The van der Waals surface area contributed by atoms with Gasteiger partial charge in [-0.15, -0.1) is 0 Å². The fourth-order valence-electron chi connectivity index (χ4n) is 2.57. The lowest BCUT2D eigenvalue weighted by atomic mass is 10.2. The van der Waals surface area contributed by atoms with Crippen molar-refractivity contribution in [2.24, 2.45) is 0 Å². The Balaban J connectivity index is 1.74. The number of hydrogen-bond donors (Lipinski definition) is 2. The normalized spacial score (nSPS) is 30.8. The summed E-state index contributed by atoms with van der Waals surface area (Å²) in [7, 11) is 0. The Hall–Kier alpha value is -0.200. The zero-order valence-electron chi connectivity index (χ0n) is 9.72. The lowest BCUT2D eigenvalue weighted by Gasteiger charge is -2.32. The van der Waals surface area contributed by atoms with Crippen LogP contribution < -0.4 is 0 Å². The second-order valence-corrected chi connectivity index (χ2v) is 4.69. The van der Waals surface area contributed by atoms with Gasteiger partial charge in [0.25, 0.3) is 0 Å². The monoisotopic (exact) mass is 230 g/mol. The molecule has 5 nitrogen and oxygen atoms in total. The Morgan fingerprint density at radius 2 is 2.00 bits per heavy atom. The molecule has 2 fully saturated rings. The molecule has 2 heterocycles. The van der Waals surface area contributed by atoms with Crippen LogP contribution in [0, 0.1) is 0 Å². The number of hydrogen-bond acceptors (Lipinski definition) is 5. The number of ether oxygens (including phenoxy) is 1. The van der Waals surface area contributed by atoms with Crippen molar-refractivity contribution in [3.05, 3.63) is 0 Å². The van der Waals surface area contributed by atoms with Crippen LogP contribution in [0.25, 0.3) is 0 Å². The van der Waals surface area contributed by atoms with E-state index in [0.29, 0.717) is 12.6 Å². The Kier molecular flexibility index (Phi) is 4.55. The predicted octanol–water partition coefficient (Wildman–Crippen LogP) is -1.25. The lowest BCUT2D eigenvalue weighted by Crippen LogP contribution is -2.45. The molecular weight excluding hydrogens is 208 g/mol. The molecule has 0 aromatic heterocycles. The second kappa shape index (κ2) is 5.93. The predicted molar refractivity (Wildman–Crippen MR) is 60.3 cm³/mol. The van der Waals surface area contributed by atoms with Gasteiger partial charge in [-0.1, -0.05) is 0 Å². The maximum absolute atomic E-state index is 9.39. The fraction of sp³-hybridized carbons (Fsp3) is 1.00. The van der Waals surface area contributed by atoms with Crippen LogP contribution in [0.5, 0.6) is 0 Å². The highest BCUT2D eigenvalue weighted by Gasteiger charge is 2.29. The average molecular weight is 230 g/mol. The van der Waals surface area contributed by atoms with Crippen molar-refractivity contribution in [1.82, 2.24) is 9.80 Å². The number of nitrogens with zero attached hydrogens (tertiary/aromatic N) is 2. The van der Waals surface area contributed by atoms with E-state index in [2.05, 4.69) is 9.80 Å². The van der Waals surface area contributed by atoms with Crippen molar-refractivity contribution in [2.45, 2.75) is 18.6 Å². The summed E-state index contributed by atoms with van der Waals surface area (Å²) in [4.78, 5) is 4.72. The van der Waals surface area contributed by atoms with Crippen LogP contribution in [0.15, 0.2) is 0 Å². The van der Waals surface area contributed by atoms with E-state index >= 15 is 0 Å². The lowest BCUT2D eigenvalue weighted by molar-refractivity contribution is 0.0162. The van der Waals surface area contributed by atoms with Gasteiger partial charge in [-0.25, -0.2) is 0 Å². The van der Waals surface area contributed by atoms with Gasteiger partial charge in [0.05, 0.1) is 25.9 Å². The van der Waals surface area contributed by atoms with Gasteiger partial charge in [0.1, 0.15) is 0 Å². The first-order valence-corrected chi connectivity index (χ1v) is 6.12. The van der Waals surface area contributed by atoms with Crippen molar-refractivity contribution in [2.75, 3.05) is 52.5 Å². The van der Waals surface area contributed by atoms with Crippen molar-refractivity contribution in [3.63, 3.8) is 0 Å². The first-order chi connectivity index (χ1) is 7.79. The molecule has 2 rings (SSSR count). The van der Waals surface area contributed by atoms with E-state index in [0.717, 1.165) is 45.8 Å². The third-order valence-electron chi connectivity index (χ3n) is 3.49. The van der Waals surface area contributed by atoms with E-state index in [9.17, 15) is 5.11 Å². The summed E-state index contributed by atoms with van der Waals surface area (Å²) >= 11 is 0. The van der Waals surface area contributed by atoms with E-state index in [-0.39, 0.29) is 6.61 Å². The highest BCUT2D eigenvalue weighted by molar-refractivity contribution is 4.85. The topological polar surface area (TPSA) is 56.2 Å². The molecule has 2 saturated heterocycles. The molecule has 2 N–H and O–H groups in total. The van der Waals surface area contributed by atoms with Gasteiger partial charge in [-0.3, -0.25) is 9.80 Å². The van der Waals surface area contributed by atoms with Gasteiger partial charge >= 0.3 is 0 Å². The molecule has 2 atom stereocenters. The molecule has 0 aromatic rings. The van der Waals surface area contributed by atoms with Gasteiger partial charge < -0.3 is 14.9 Å².